The lowest BCUT2D eigenvalue weighted by atomic mass is 9.85. The Morgan fingerprint density at radius 3 is 2.35 bits per heavy atom. The van der Waals surface area contributed by atoms with E-state index < -0.39 is 11.9 Å². The van der Waals surface area contributed by atoms with Crippen molar-refractivity contribution in [2.45, 2.75) is 19.3 Å². The number of carbonyl (C=O) groups excluding carboxylic acids is 4. The average Bonchev–Trinajstić information content (AvgIpc) is 3.33. The fourth-order valence-corrected chi connectivity index (χ4v) is 5.12. The lowest BCUT2D eigenvalue weighted by molar-refractivity contribution is -0.139. The normalized spacial score (nSPS) is 24.1. The zero-order valence-corrected chi connectivity index (χ0v) is 19.5. The summed E-state index contributed by atoms with van der Waals surface area (Å²) >= 11 is 12.2. The van der Waals surface area contributed by atoms with Crippen LogP contribution in [0.2, 0.25) is 10.0 Å². The zero-order valence-electron chi connectivity index (χ0n) is 17.9. The largest absolute Gasteiger partial charge is 0.426 e. The monoisotopic (exact) mass is 498 g/mol. The number of benzene rings is 2. The molecular formula is C25H20Cl2N2O5. The van der Waals surface area contributed by atoms with E-state index in [1.165, 1.54) is 15.9 Å². The van der Waals surface area contributed by atoms with E-state index in [1.54, 1.807) is 36.4 Å². The van der Waals surface area contributed by atoms with Gasteiger partial charge in [-0.1, -0.05) is 41.4 Å². The lowest BCUT2D eigenvalue weighted by Gasteiger charge is -2.18. The van der Waals surface area contributed by atoms with Crippen molar-refractivity contribution in [3.05, 3.63) is 64.7 Å². The van der Waals surface area contributed by atoms with E-state index in [0.717, 1.165) is 0 Å². The number of rotatable bonds is 4. The van der Waals surface area contributed by atoms with Crippen LogP contribution in [-0.4, -0.2) is 30.2 Å². The third kappa shape index (κ3) is 3.99. The Hall–Kier alpha value is -3.16. The summed E-state index contributed by atoms with van der Waals surface area (Å²) in [4.78, 5) is 53.7. The maximum atomic E-state index is 12.9. The van der Waals surface area contributed by atoms with Crippen molar-refractivity contribution in [1.82, 2.24) is 0 Å². The summed E-state index contributed by atoms with van der Waals surface area (Å²) in [5.74, 6) is -2.52. The van der Waals surface area contributed by atoms with Gasteiger partial charge in [0.2, 0.25) is 17.7 Å². The van der Waals surface area contributed by atoms with Gasteiger partial charge in [-0.15, -0.1) is 0 Å². The Morgan fingerprint density at radius 1 is 0.941 bits per heavy atom. The highest BCUT2D eigenvalue weighted by atomic mass is 35.5. The molecule has 34 heavy (non-hydrogen) atoms. The summed E-state index contributed by atoms with van der Waals surface area (Å²) in [7, 11) is 0. The van der Waals surface area contributed by atoms with E-state index in [-0.39, 0.29) is 48.3 Å². The highest BCUT2D eigenvalue weighted by Crippen LogP contribution is 2.39. The Morgan fingerprint density at radius 2 is 1.65 bits per heavy atom. The van der Waals surface area contributed by atoms with Gasteiger partial charge in [0.05, 0.1) is 34.2 Å². The number of ether oxygens (including phenoxy) is 1. The van der Waals surface area contributed by atoms with Gasteiger partial charge in [0.25, 0.3) is 0 Å². The molecule has 0 spiro atoms. The van der Waals surface area contributed by atoms with Gasteiger partial charge in [-0.3, -0.25) is 19.2 Å². The van der Waals surface area contributed by atoms with Crippen molar-refractivity contribution in [2.75, 3.05) is 16.3 Å². The molecule has 2 aromatic rings. The number of nitrogens with zero attached hydrogens (tertiary/aromatic N) is 2. The number of esters is 1. The number of hydrogen-bond acceptors (Lipinski definition) is 5. The first-order valence-electron chi connectivity index (χ1n) is 10.9. The number of carbonyl (C=O) groups is 4. The third-order valence-electron chi connectivity index (χ3n) is 6.46. The zero-order chi connectivity index (χ0) is 24.0. The van der Waals surface area contributed by atoms with Gasteiger partial charge >= 0.3 is 5.97 Å². The molecule has 3 atom stereocenters. The van der Waals surface area contributed by atoms with Crippen LogP contribution < -0.4 is 14.5 Å². The van der Waals surface area contributed by atoms with Crippen LogP contribution in [0.15, 0.2) is 54.6 Å². The molecule has 0 N–H and O–H groups in total. The second-order valence-corrected chi connectivity index (χ2v) is 9.43. The number of imide groups is 1. The Bertz CT molecular complexity index is 1220. The molecule has 174 valence electrons. The van der Waals surface area contributed by atoms with E-state index in [2.05, 4.69) is 0 Å². The van der Waals surface area contributed by atoms with Crippen molar-refractivity contribution >= 4 is 58.3 Å². The fourth-order valence-electron chi connectivity index (χ4n) is 4.73. The predicted molar refractivity (Wildman–Crippen MR) is 127 cm³/mol. The maximum Gasteiger partial charge on any atom is 0.316 e. The van der Waals surface area contributed by atoms with E-state index in [9.17, 15) is 19.2 Å². The molecule has 0 unspecified atom stereocenters. The SMILES string of the molecule is O=C(Oc1cccc(N2C(=O)[C@H]3CC=CC[C@H]3C2=O)c1)[C@H]1CC(=O)N(c2cc(Cl)ccc2Cl)C1. The second-order valence-electron chi connectivity index (χ2n) is 8.59. The van der Waals surface area contributed by atoms with Crippen LogP contribution in [0.25, 0.3) is 0 Å². The van der Waals surface area contributed by atoms with Gasteiger partial charge in [0.1, 0.15) is 5.75 Å². The van der Waals surface area contributed by atoms with E-state index in [4.69, 9.17) is 27.9 Å². The minimum absolute atomic E-state index is 0.0270. The minimum atomic E-state index is -0.699. The van der Waals surface area contributed by atoms with Gasteiger partial charge < -0.3 is 9.64 Å². The standard InChI is InChI=1S/C25H20Cl2N2O5/c26-15-8-9-20(27)21(11-15)28-13-14(10-22(28)30)25(33)34-17-5-3-4-16(12-17)29-23(31)18-6-1-2-7-19(18)24(29)32/h1-5,8-9,11-12,14,18-19H,6-7,10,13H2/t14-,18-,19+/m0/s1. The molecule has 0 radical (unpaired) electrons. The number of hydrogen-bond donors (Lipinski definition) is 0. The van der Waals surface area contributed by atoms with Gasteiger partial charge in [-0.2, -0.15) is 0 Å². The second kappa shape index (κ2) is 8.89. The highest BCUT2D eigenvalue weighted by Gasteiger charge is 2.48. The first kappa shape index (κ1) is 22.6. The van der Waals surface area contributed by atoms with Crippen molar-refractivity contribution in [1.29, 1.82) is 0 Å². The lowest BCUT2D eigenvalue weighted by Crippen LogP contribution is -2.31. The molecular weight excluding hydrogens is 479 g/mol. The molecule has 3 amide bonds. The third-order valence-corrected chi connectivity index (χ3v) is 7.01. The highest BCUT2D eigenvalue weighted by molar-refractivity contribution is 6.36. The van der Waals surface area contributed by atoms with Gasteiger partial charge in [0.15, 0.2) is 0 Å². The van der Waals surface area contributed by atoms with Crippen molar-refractivity contribution in [2.24, 2.45) is 17.8 Å². The van der Waals surface area contributed by atoms with Crippen molar-refractivity contribution in [3.8, 4) is 5.75 Å². The van der Waals surface area contributed by atoms with Crippen molar-refractivity contribution in [3.63, 3.8) is 0 Å². The fraction of sp³-hybridized carbons (Fsp3) is 0.280. The number of allylic oxidation sites excluding steroid dienone is 2. The van der Waals surface area contributed by atoms with Crippen LogP contribution in [0.4, 0.5) is 11.4 Å². The molecule has 0 aromatic heterocycles. The van der Waals surface area contributed by atoms with Crippen LogP contribution in [-0.2, 0) is 19.2 Å². The quantitative estimate of drug-likeness (QED) is 0.270. The first-order chi connectivity index (χ1) is 16.3. The van der Waals surface area contributed by atoms with Gasteiger partial charge in [-0.05, 0) is 43.2 Å². The van der Waals surface area contributed by atoms with E-state index >= 15 is 0 Å². The summed E-state index contributed by atoms with van der Waals surface area (Å²) in [5.41, 5.74) is 0.808. The van der Waals surface area contributed by atoms with Crippen LogP contribution >= 0.6 is 23.2 Å². The molecule has 0 saturated carbocycles. The molecule has 1 aliphatic carbocycles. The molecule has 2 saturated heterocycles. The van der Waals surface area contributed by atoms with Crippen molar-refractivity contribution < 1.29 is 23.9 Å². The molecule has 2 fully saturated rings. The molecule has 2 aromatic carbocycles. The number of amides is 3. The number of fused-ring (bicyclic) bond motifs is 1. The summed E-state index contributed by atoms with van der Waals surface area (Å²) in [6.07, 6.45) is 4.92. The molecule has 9 heteroatoms. The summed E-state index contributed by atoms with van der Waals surface area (Å²) in [5, 5.41) is 0.784. The number of halogens is 2. The summed E-state index contributed by atoms with van der Waals surface area (Å²) in [6, 6.07) is 11.1. The molecule has 2 aliphatic heterocycles. The molecule has 7 nitrogen and oxygen atoms in total. The predicted octanol–water partition coefficient (Wildman–Crippen LogP) is 4.41. The number of anilines is 2. The summed E-state index contributed by atoms with van der Waals surface area (Å²) in [6.45, 7) is 0.108. The first-order valence-corrected chi connectivity index (χ1v) is 11.7. The average molecular weight is 499 g/mol. The van der Waals surface area contributed by atoms with Crippen LogP contribution in [0.3, 0.4) is 0 Å². The van der Waals surface area contributed by atoms with Crippen LogP contribution in [0.5, 0.6) is 5.75 Å². The topological polar surface area (TPSA) is 84.0 Å². The van der Waals surface area contributed by atoms with E-state index in [1.807, 2.05) is 12.2 Å². The molecule has 0 bridgehead atoms. The maximum absolute atomic E-state index is 12.9. The summed E-state index contributed by atoms with van der Waals surface area (Å²) < 4.78 is 5.54. The van der Waals surface area contributed by atoms with Gasteiger partial charge in [0, 0.05) is 24.1 Å². The minimum Gasteiger partial charge on any atom is -0.426 e. The molecule has 3 aliphatic rings. The smallest absolute Gasteiger partial charge is 0.316 e. The molecule has 2 heterocycles. The van der Waals surface area contributed by atoms with Crippen LogP contribution in [0, 0.1) is 17.8 Å². The van der Waals surface area contributed by atoms with E-state index in [0.29, 0.717) is 34.3 Å². The van der Waals surface area contributed by atoms with Crippen LogP contribution in [0.1, 0.15) is 19.3 Å². The Kier molecular flexibility index (Phi) is 5.91. The Balaban J connectivity index is 1.30. The van der Waals surface area contributed by atoms with Gasteiger partial charge in [-0.25, -0.2) is 4.90 Å². The Labute approximate surface area is 205 Å². The molecule has 5 rings (SSSR count).